The van der Waals surface area contributed by atoms with Crippen molar-refractivity contribution >= 4 is 18.4 Å². The van der Waals surface area contributed by atoms with E-state index in [9.17, 15) is 4.79 Å². The van der Waals surface area contributed by atoms with Gasteiger partial charge in [-0.25, -0.2) is 0 Å². The Kier molecular flexibility index (Phi) is 6.68. The Balaban J connectivity index is 2.24. The zero-order valence-electron chi connectivity index (χ0n) is 13.7. The second-order valence-corrected chi connectivity index (χ2v) is 5.30. The molecule has 0 amide bonds. The molecule has 8 heteroatoms. The molecular formula is C16H20N4O3S. The van der Waals surface area contributed by atoms with Crippen LogP contribution in [0.4, 0.5) is 0 Å². The van der Waals surface area contributed by atoms with Gasteiger partial charge in [-0.3, -0.25) is 9.89 Å². The molecule has 2 rings (SSSR count). The van der Waals surface area contributed by atoms with Gasteiger partial charge < -0.3 is 9.47 Å². The second kappa shape index (κ2) is 8.97. The lowest BCUT2D eigenvalue weighted by atomic mass is 10.2. The highest BCUT2D eigenvalue weighted by Crippen LogP contribution is 2.28. The molecule has 128 valence electrons. The Hall–Kier alpha value is -2.48. The summed E-state index contributed by atoms with van der Waals surface area (Å²) in [5.74, 6) is 1.34. The first kappa shape index (κ1) is 17.9. The minimum Gasteiger partial charge on any atom is -0.490 e. The number of hydrogen-bond donors (Lipinski definition) is 1. The van der Waals surface area contributed by atoms with E-state index in [-0.39, 0.29) is 4.77 Å². The minimum absolute atomic E-state index is 0.128. The van der Waals surface area contributed by atoms with E-state index >= 15 is 0 Å². The van der Waals surface area contributed by atoms with Crippen molar-refractivity contribution in [2.75, 3.05) is 13.2 Å². The third-order valence-corrected chi connectivity index (χ3v) is 3.35. The number of hydrogen-bond acceptors (Lipinski definition) is 6. The molecule has 0 bridgehead atoms. The summed E-state index contributed by atoms with van der Waals surface area (Å²) in [4.78, 5) is 11.7. The Morgan fingerprint density at radius 1 is 1.33 bits per heavy atom. The van der Waals surface area contributed by atoms with Crippen molar-refractivity contribution in [3.8, 4) is 11.5 Å². The Morgan fingerprint density at radius 2 is 2.17 bits per heavy atom. The van der Waals surface area contributed by atoms with Crippen LogP contribution in [0.5, 0.6) is 11.5 Å². The van der Waals surface area contributed by atoms with Crippen molar-refractivity contribution in [2.24, 2.45) is 5.10 Å². The third kappa shape index (κ3) is 4.76. The van der Waals surface area contributed by atoms with Crippen LogP contribution < -0.4 is 15.0 Å². The predicted molar refractivity (Wildman–Crippen MR) is 94.7 cm³/mol. The van der Waals surface area contributed by atoms with E-state index < -0.39 is 5.56 Å². The summed E-state index contributed by atoms with van der Waals surface area (Å²) in [6, 6.07) is 5.48. The van der Waals surface area contributed by atoms with Crippen molar-refractivity contribution in [2.45, 2.75) is 26.7 Å². The third-order valence-electron chi connectivity index (χ3n) is 3.08. The number of benzene rings is 1. The van der Waals surface area contributed by atoms with E-state index in [0.29, 0.717) is 24.7 Å². The number of H-pyrrole nitrogens is 1. The number of aromatic amines is 1. The highest BCUT2D eigenvalue weighted by Gasteiger charge is 2.06. The van der Waals surface area contributed by atoms with Crippen molar-refractivity contribution in [3.63, 3.8) is 0 Å². The molecule has 1 aromatic heterocycles. The summed E-state index contributed by atoms with van der Waals surface area (Å²) in [6.07, 6.45) is 4.69. The molecule has 0 spiro atoms. The number of ether oxygens (including phenoxy) is 2. The molecule has 2 aromatic rings. The minimum atomic E-state index is -0.403. The largest absolute Gasteiger partial charge is 0.490 e. The van der Waals surface area contributed by atoms with Gasteiger partial charge in [0.1, 0.15) is 6.20 Å². The van der Waals surface area contributed by atoms with E-state index in [4.69, 9.17) is 21.7 Å². The number of rotatable bonds is 8. The van der Waals surface area contributed by atoms with E-state index in [1.165, 1.54) is 6.21 Å². The van der Waals surface area contributed by atoms with Gasteiger partial charge in [-0.15, -0.1) is 0 Å². The topological polar surface area (TPSA) is 81.5 Å². The normalized spacial score (nSPS) is 10.9. The second-order valence-electron chi connectivity index (χ2n) is 4.91. The van der Waals surface area contributed by atoms with E-state index in [1.54, 1.807) is 0 Å². The lowest BCUT2D eigenvalue weighted by Crippen LogP contribution is -2.18. The van der Waals surface area contributed by atoms with Crippen LogP contribution in [0.1, 0.15) is 32.3 Å². The highest BCUT2D eigenvalue weighted by molar-refractivity contribution is 7.71. The van der Waals surface area contributed by atoms with Gasteiger partial charge in [0.15, 0.2) is 11.5 Å². The molecule has 1 heterocycles. The number of aromatic nitrogens is 3. The van der Waals surface area contributed by atoms with Crippen LogP contribution in [-0.2, 0) is 0 Å². The molecule has 0 atom stereocenters. The highest BCUT2D eigenvalue weighted by atomic mass is 32.1. The van der Waals surface area contributed by atoms with Crippen LogP contribution in [0.2, 0.25) is 0 Å². The van der Waals surface area contributed by atoms with Gasteiger partial charge >= 0.3 is 0 Å². The quantitative estimate of drug-likeness (QED) is 0.451. The molecule has 0 saturated heterocycles. The predicted octanol–water partition coefficient (Wildman–Crippen LogP) is 2.76. The lowest BCUT2D eigenvalue weighted by Gasteiger charge is -2.12. The van der Waals surface area contributed by atoms with Gasteiger partial charge in [0.05, 0.1) is 19.4 Å². The SMILES string of the molecule is CCCCOc1ccc(/C=N\n2c(=O)cn[nH]c2=S)cc1OCC. The zero-order chi connectivity index (χ0) is 17.4. The van der Waals surface area contributed by atoms with Crippen molar-refractivity contribution in [1.29, 1.82) is 0 Å². The Bertz CT molecular complexity index is 785. The zero-order valence-corrected chi connectivity index (χ0v) is 14.5. The average Bonchev–Trinajstić information content (AvgIpc) is 2.56. The summed E-state index contributed by atoms with van der Waals surface area (Å²) < 4.78 is 12.5. The Labute approximate surface area is 144 Å². The smallest absolute Gasteiger partial charge is 0.293 e. The molecular weight excluding hydrogens is 328 g/mol. The monoisotopic (exact) mass is 348 g/mol. The fraction of sp³-hybridized carbons (Fsp3) is 0.375. The molecule has 0 aliphatic heterocycles. The molecule has 24 heavy (non-hydrogen) atoms. The number of unbranched alkanes of at least 4 members (excludes halogenated alkanes) is 1. The molecule has 0 fully saturated rings. The molecule has 0 aliphatic carbocycles. The van der Waals surface area contributed by atoms with Crippen LogP contribution in [0.3, 0.4) is 0 Å². The molecule has 0 aliphatic rings. The summed E-state index contributed by atoms with van der Waals surface area (Å²) in [7, 11) is 0. The average molecular weight is 348 g/mol. The first-order chi connectivity index (χ1) is 11.7. The van der Waals surface area contributed by atoms with E-state index in [1.807, 2.05) is 25.1 Å². The molecule has 1 N–H and O–H groups in total. The van der Waals surface area contributed by atoms with Crippen molar-refractivity contribution in [3.05, 3.63) is 45.1 Å². The Morgan fingerprint density at radius 3 is 2.88 bits per heavy atom. The molecule has 1 aromatic carbocycles. The summed E-state index contributed by atoms with van der Waals surface area (Å²) in [5, 5.41) is 10.2. The van der Waals surface area contributed by atoms with Crippen LogP contribution in [0.15, 0.2) is 34.3 Å². The van der Waals surface area contributed by atoms with Crippen LogP contribution in [-0.4, -0.2) is 34.3 Å². The molecule has 0 radical (unpaired) electrons. The van der Waals surface area contributed by atoms with Crippen LogP contribution in [0.25, 0.3) is 0 Å². The first-order valence-corrected chi connectivity index (χ1v) is 8.17. The van der Waals surface area contributed by atoms with Crippen LogP contribution >= 0.6 is 12.2 Å². The molecule has 0 saturated carbocycles. The molecule has 0 unspecified atom stereocenters. The number of nitrogens with one attached hydrogen (secondary N) is 1. The maximum atomic E-state index is 11.7. The van der Waals surface area contributed by atoms with Gasteiger partial charge in [0.25, 0.3) is 5.56 Å². The standard InChI is InChI=1S/C16H20N4O3S/c1-3-5-8-23-13-7-6-12(9-14(13)22-4-2)10-18-20-15(21)11-17-19-16(20)24/h6-7,9-11H,3-5,8H2,1-2H3,(H,19,24)/b18-10-. The fourth-order valence-corrected chi connectivity index (χ4v) is 2.09. The van der Waals surface area contributed by atoms with Gasteiger partial charge in [-0.2, -0.15) is 14.9 Å². The number of nitrogens with zero attached hydrogens (tertiary/aromatic N) is 3. The van der Waals surface area contributed by atoms with Gasteiger partial charge in [0, 0.05) is 0 Å². The van der Waals surface area contributed by atoms with E-state index in [2.05, 4.69) is 22.2 Å². The molecule has 7 nitrogen and oxygen atoms in total. The maximum absolute atomic E-state index is 11.7. The van der Waals surface area contributed by atoms with Gasteiger partial charge in [0.2, 0.25) is 4.77 Å². The summed E-state index contributed by atoms with van der Waals surface area (Å²) in [6.45, 7) is 5.19. The van der Waals surface area contributed by atoms with Crippen molar-refractivity contribution < 1.29 is 9.47 Å². The van der Waals surface area contributed by atoms with E-state index in [0.717, 1.165) is 29.3 Å². The fourth-order valence-electron chi connectivity index (χ4n) is 1.90. The maximum Gasteiger partial charge on any atom is 0.293 e. The summed E-state index contributed by atoms with van der Waals surface area (Å²) in [5.41, 5.74) is 0.360. The summed E-state index contributed by atoms with van der Waals surface area (Å²) >= 11 is 4.99. The lowest BCUT2D eigenvalue weighted by molar-refractivity contribution is 0.272. The first-order valence-electron chi connectivity index (χ1n) is 7.76. The van der Waals surface area contributed by atoms with Crippen LogP contribution in [0, 0.1) is 4.77 Å². The van der Waals surface area contributed by atoms with Gasteiger partial charge in [-0.05, 0) is 49.3 Å². The van der Waals surface area contributed by atoms with Crippen molar-refractivity contribution in [1.82, 2.24) is 14.9 Å². The van der Waals surface area contributed by atoms with Gasteiger partial charge in [-0.1, -0.05) is 13.3 Å².